The van der Waals surface area contributed by atoms with E-state index in [4.69, 9.17) is 0 Å². The number of hydrogen-bond acceptors (Lipinski definition) is 0. The van der Waals surface area contributed by atoms with E-state index in [9.17, 15) is 0 Å². The molecule has 14 rings (SSSR count). The molecular formula is C63H45N3Si. The van der Waals surface area contributed by atoms with Gasteiger partial charge in [0.25, 0.3) is 0 Å². The van der Waals surface area contributed by atoms with Crippen molar-refractivity contribution in [3.05, 3.63) is 247 Å². The van der Waals surface area contributed by atoms with Crippen LogP contribution in [0, 0.1) is 0 Å². The first-order valence-corrected chi connectivity index (χ1v) is 26.5. The Bertz CT molecular complexity index is 4100. The average molecular weight is 872 g/mol. The molecule has 0 fully saturated rings. The largest absolute Gasteiger partial charge is 0.309 e. The minimum absolute atomic E-state index is 0.109. The molecule has 0 aliphatic heterocycles. The Labute approximate surface area is 390 Å². The van der Waals surface area contributed by atoms with Crippen molar-refractivity contribution in [1.29, 1.82) is 0 Å². The highest BCUT2D eigenvalue weighted by molar-refractivity contribution is 7.00. The fourth-order valence-electron chi connectivity index (χ4n) is 11.9. The molecule has 3 heterocycles. The van der Waals surface area contributed by atoms with Gasteiger partial charge in [-0.1, -0.05) is 199 Å². The summed E-state index contributed by atoms with van der Waals surface area (Å²) in [5.74, 6) is 0.109. The monoisotopic (exact) mass is 871 g/mol. The summed E-state index contributed by atoms with van der Waals surface area (Å²) in [7, 11) is -2.13. The van der Waals surface area contributed by atoms with Crippen molar-refractivity contribution in [2.75, 3.05) is 0 Å². The molecule has 0 bridgehead atoms. The summed E-state index contributed by atoms with van der Waals surface area (Å²) in [5.41, 5.74) is 17.7. The van der Waals surface area contributed by atoms with Gasteiger partial charge in [-0.05, 0) is 82.4 Å². The zero-order valence-corrected chi connectivity index (χ0v) is 38.4. The predicted octanol–water partition coefficient (Wildman–Crippen LogP) is 15.0. The molecule has 67 heavy (non-hydrogen) atoms. The molecular weight excluding hydrogens is 827 g/mol. The van der Waals surface area contributed by atoms with Crippen LogP contribution < -0.4 is 10.4 Å². The van der Waals surface area contributed by atoms with E-state index in [0.717, 1.165) is 5.69 Å². The van der Waals surface area contributed by atoms with Gasteiger partial charge < -0.3 is 13.7 Å². The van der Waals surface area contributed by atoms with Crippen molar-refractivity contribution in [1.82, 2.24) is 13.7 Å². The fourth-order valence-corrected chi connectivity index (χ4v) is 14.2. The first-order valence-electron chi connectivity index (χ1n) is 23.5. The van der Waals surface area contributed by atoms with Crippen LogP contribution in [0.1, 0.15) is 22.6 Å². The number of hydrogen-bond donors (Lipinski definition) is 0. The smallest absolute Gasteiger partial charge is 0.112 e. The van der Waals surface area contributed by atoms with Crippen LogP contribution in [0.2, 0.25) is 13.1 Å². The number of para-hydroxylation sites is 5. The minimum atomic E-state index is -2.13. The van der Waals surface area contributed by atoms with E-state index in [1.165, 1.54) is 115 Å². The average Bonchev–Trinajstić information content (AvgIpc) is 4.12. The standard InChI is InChI=1S/C63H45N3Si/c1-67(2,45-33-29-41(30-34-45)59-51-25-10-9-21-47(51)52-37-38-53-48-22-11-14-26-56(48)64(61(53)60(52)59)42-17-5-3-6-18-42)46-35-31-44(32-36-46)66-58-28-16-13-24-50(58)55-40-39-54-49-23-12-15-27-57(49)65(62(54)63(55)66)43-19-7-4-8-20-43/h3-40,59H,1-2H3. The Kier molecular flexibility index (Phi) is 8.20. The molecule has 0 saturated heterocycles. The van der Waals surface area contributed by atoms with Crippen LogP contribution in [0.25, 0.3) is 93.6 Å². The highest BCUT2D eigenvalue weighted by Crippen LogP contribution is 2.52. The summed E-state index contributed by atoms with van der Waals surface area (Å²) >= 11 is 0. The van der Waals surface area contributed by atoms with Crippen LogP contribution in [0.3, 0.4) is 0 Å². The molecule has 316 valence electrons. The third-order valence-electron chi connectivity index (χ3n) is 15.0. The van der Waals surface area contributed by atoms with Gasteiger partial charge in [-0.3, -0.25) is 0 Å². The molecule has 0 N–H and O–H groups in total. The third-order valence-corrected chi connectivity index (χ3v) is 18.6. The zero-order valence-electron chi connectivity index (χ0n) is 37.4. The number of aromatic nitrogens is 3. The molecule has 4 heteroatoms. The second-order valence-corrected chi connectivity index (χ2v) is 23.2. The molecule has 1 aliphatic rings. The number of rotatable bonds is 6. The van der Waals surface area contributed by atoms with E-state index in [-0.39, 0.29) is 5.92 Å². The van der Waals surface area contributed by atoms with E-state index in [0.29, 0.717) is 0 Å². The lowest BCUT2D eigenvalue weighted by Crippen LogP contribution is -2.52. The summed E-state index contributed by atoms with van der Waals surface area (Å²) in [4.78, 5) is 0. The van der Waals surface area contributed by atoms with Crippen LogP contribution in [-0.4, -0.2) is 21.8 Å². The first kappa shape index (κ1) is 38.1. The van der Waals surface area contributed by atoms with Crippen molar-refractivity contribution in [2.24, 2.45) is 0 Å². The zero-order chi connectivity index (χ0) is 44.4. The van der Waals surface area contributed by atoms with E-state index >= 15 is 0 Å². The maximum Gasteiger partial charge on any atom is 0.112 e. The molecule has 0 amide bonds. The van der Waals surface area contributed by atoms with Gasteiger partial charge in [0.2, 0.25) is 0 Å². The summed E-state index contributed by atoms with van der Waals surface area (Å²) < 4.78 is 7.47. The van der Waals surface area contributed by atoms with Gasteiger partial charge in [0.1, 0.15) is 8.07 Å². The summed E-state index contributed by atoms with van der Waals surface area (Å²) in [6.45, 7) is 5.00. The molecule has 10 aromatic carbocycles. The van der Waals surface area contributed by atoms with Crippen LogP contribution in [-0.2, 0) is 0 Å². The van der Waals surface area contributed by atoms with E-state index < -0.39 is 8.07 Å². The molecule has 0 spiro atoms. The summed E-state index contributed by atoms with van der Waals surface area (Å²) in [6, 6.07) is 86.0. The highest BCUT2D eigenvalue weighted by atomic mass is 28.3. The second-order valence-electron chi connectivity index (χ2n) is 18.8. The highest BCUT2D eigenvalue weighted by Gasteiger charge is 2.35. The Hall–Kier alpha value is -8.18. The van der Waals surface area contributed by atoms with Crippen molar-refractivity contribution in [3.8, 4) is 28.2 Å². The lowest BCUT2D eigenvalue weighted by molar-refractivity contribution is 1.01. The normalized spacial score (nSPS) is 13.7. The number of fused-ring (bicyclic) bond motifs is 14. The van der Waals surface area contributed by atoms with Gasteiger partial charge in [0.05, 0.1) is 33.1 Å². The number of benzene rings is 10. The molecule has 3 aromatic heterocycles. The van der Waals surface area contributed by atoms with Crippen molar-refractivity contribution >= 4 is 83.9 Å². The maximum absolute atomic E-state index is 2.50. The Morgan fingerprint density at radius 2 is 0.716 bits per heavy atom. The molecule has 1 atom stereocenters. The molecule has 0 saturated carbocycles. The maximum atomic E-state index is 2.50. The Morgan fingerprint density at radius 1 is 0.313 bits per heavy atom. The Morgan fingerprint density at radius 3 is 1.25 bits per heavy atom. The lowest BCUT2D eigenvalue weighted by atomic mass is 9.88. The van der Waals surface area contributed by atoms with Crippen LogP contribution in [0.4, 0.5) is 0 Å². The van der Waals surface area contributed by atoms with Crippen LogP contribution in [0.5, 0.6) is 0 Å². The van der Waals surface area contributed by atoms with Crippen LogP contribution in [0.15, 0.2) is 231 Å². The first-order chi connectivity index (χ1) is 33.0. The molecule has 3 nitrogen and oxygen atoms in total. The molecule has 1 aliphatic carbocycles. The SMILES string of the molecule is C[Si](C)(c1ccc(C2c3ccccc3-c3ccc4c5ccccc5n(-c5ccccc5)c4c32)cc1)c1ccc(-n2c3ccccc3c3ccc4c5ccccc5n(-c5ccccc5)c4c32)cc1. The summed E-state index contributed by atoms with van der Waals surface area (Å²) in [5, 5.41) is 10.5. The van der Waals surface area contributed by atoms with E-state index in [2.05, 4.69) is 257 Å². The van der Waals surface area contributed by atoms with Gasteiger partial charge in [0, 0.05) is 55.3 Å². The molecule has 1 unspecified atom stereocenters. The van der Waals surface area contributed by atoms with Crippen molar-refractivity contribution < 1.29 is 0 Å². The third kappa shape index (κ3) is 5.45. The second kappa shape index (κ2) is 14.4. The van der Waals surface area contributed by atoms with E-state index in [1.807, 2.05) is 0 Å². The van der Waals surface area contributed by atoms with Gasteiger partial charge >= 0.3 is 0 Å². The predicted molar refractivity (Wildman–Crippen MR) is 285 cm³/mol. The molecule has 0 radical (unpaired) electrons. The minimum Gasteiger partial charge on any atom is -0.309 e. The van der Waals surface area contributed by atoms with Gasteiger partial charge in [-0.2, -0.15) is 0 Å². The quantitative estimate of drug-likeness (QED) is 0.148. The van der Waals surface area contributed by atoms with Gasteiger partial charge in [0.15, 0.2) is 0 Å². The van der Waals surface area contributed by atoms with E-state index in [1.54, 1.807) is 0 Å². The molecule has 13 aromatic rings. The number of nitrogens with zero attached hydrogens (tertiary/aromatic N) is 3. The van der Waals surface area contributed by atoms with Gasteiger partial charge in [-0.15, -0.1) is 0 Å². The summed E-state index contributed by atoms with van der Waals surface area (Å²) in [6.07, 6.45) is 0. The lowest BCUT2D eigenvalue weighted by Gasteiger charge is -2.25. The van der Waals surface area contributed by atoms with Crippen LogP contribution >= 0.6 is 0 Å². The Balaban J connectivity index is 0.888. The van der Waals surface area contributed by atoms with Crippen molar-refractivity contribution in [2.45, 2.75) is 19.0 Å². The van der Waals surface area contributed by atoms with Crippen molar-refractivity contribution in [3.63, 3.8) is 0 Å². The fraction of sp³-hybridized carbons (Fsp3) is 0.0476. The van der Waals surface area contributed by atoms with Gasteiger partial charge in [-0.25, -0.2) is 0 Å². The topological polar surface area (TPSA) is 14.8 Å².